The van der Waals surface area contributed by atoms with E-state index in [0.717, 1.165) is 5.69 Å². The summed E-state index contributed by atoms with van der Waals surface area (Å²) >= 11 is 0. The van der Waals surface area contributed by atoms with Crippen molar-refractivity contribution < 1.29 is 14.6 Å². The van der Waals surface area contributed by atoms with Gasteiger partial charge in [0.15, 0.2) is 0 Å². The van der Waals surface area contributed by atoms with Gasteiger partial charge in [-0.25, -0.2) is 0 Å². The van der Waals surface area contributed by atoms with E-state index in [0.29, 0.717) is 50.3 Å². The molecule has 7 nitrogen and oxygen atoms in total. The summed E-state index contributed by atoms with van der Waals surface area (Å²) < 4.78 is 6.83. The van der Waals surface area contributed by atoms with Crippen LogP contribution in [-0.2, 0) is 16.1 Å². The van der Waals surface area contributed by atoms with Gasteiger partial charge in [-0.2, -0.15) is 0 Å². The minimum absolute atomic E-state index is 0.0135. The molecule has 0 amide bonds. The molecule has 0 aromatic carbocycles. The van der Waals surface area contributed by atoms with Crippen molar-refractivity contribution in [3.05, 3.63) is 57.8 Å². The molecule has 0 saturated carbocycles. The summed E-state index contributed by atoms with van der Waals surface area (Å²) in [5.41, 5.74) is 1.57. The van der Waals surface area contributed by atoms with Gasteiger partial charge in [0.25, 0.3) is 5.56 Å². The van der Waals surface area contributed by atoms with Crippen LogP contribution in [-0.4, -0.2) is 45.2 Å². The minimum Gasteiger partial charge on any atom is -0.507 e. The van der Waals surface area contributed by atoms with Gasteiger partial charge in [-0.3, -0.25) is 19.5 Å². The first-order valence-corrected chi connectivity index (χ1v) is 10.2. The van der Waals surface area contributed by atoms with Crippen LogP contribution in [0.4, 0.5) is 0 Å². The molecule has 2 aromatic rings. The molecule has 0 spiro atoms. The summed E-state index contributed by atoms with van der Waals surface area (Å²) in [6, 6.07) is 6.75. The molecule has 3 heterocycles. The van der Waals surface area contributed by atoms with E-state index in [1.54, 1.807) is 16.8 Å². The molecular formula is C22H29N3O4. The molecule has 1 aliphatic rings. The molecule has 7 heteroatoms. The number of aromatic nitrogens is 2. The third-order valence-electron chi connectivity index (χ3n) is 5.60. The zero-order valence-corrected chi connectivity index (χ0v) is 17.3. The number of pyridine rings is 2. The van der Waals surface area contributed by atoms with Crippen molar-refractivity contribution in [3.63, 3.8) is 0 Å². The van der Waals surface area contributed by atoms with E-state index in [9.17, 15) is 14.7 Å². The average molecular weight is 399 g/mol. The molecule has 1 fully saturated rings. The number of piperidine rings is 1. The van der Waals surface area contributed by atoms with Gasteiger partial charge in [0.05, 0.1) is 29.8 Å². The Hall–Kier alpha value is -2.67. The Kier molecular flexibility index (Phi) is 6.69. The lowest BCUT2D eigenvalue weighted by Crippen LogP contribution is -2.42. The topological polar surface area (TPSA) is 84.7 Å². The highest BCUT2D eigenvalue weighted by atomic mass is 16.5. The predicted molar refractivity (Wildman–Crippen MR) is 110 cm³/mol. The van der Waals surface area contributed by atoms with Crippen molar-refractivity contribution in [2.24, 2.45) is 5.92 Å². The van der Waals surface area contributed by atoms with Crippen molar-refractivity contribution in [2.45, 2.75) is 46.2 Å². The van der Waals surface area contributed by atoms with Gasteiger partial charge in [-0.1, -0.05) is 6.07 Å². The molecule has 1 aliphatic heterocycles. The number of carbonyl (C=O) groups is 1. The lowest BCUT2D eigenvalue weighted by atomic mass is 9.93. The highest BCUT2D eigenvalue weighted by Crippen LogP contribution is 2.34. The summed E-state index contributed by atoms with van der Waals surface area (Å²) in [4.78, 5) is 31.9. The molecular weight excluding hydrogens is 370 g/mol. The number of hydrogen-bond acceptors (Lipinski definition) is 6. The van der Waals surface area contributed by atoms with Crippen molar-refractivity contribution in [1.82, 2.24) is 14.5 Å². The first-order chi connectivity index (χ1) is 14.0. The van der Waals surface area contributed by atoms with Crippen molar-refractivity contribution in [2.75, 3.05) is 19.7 Å². The van der Waals surface area contributed by atoms with Crippen molar-refractivity contribution in [3.8, 4) is 5.75 Å². The lowest BCUT2D eigenvalue weighted by molar-refractivity contribution is -0.149. The van der Waals surface area contributed by atoms with Gasteiger partial charge >= 0.3 is 5.97 Å². The summed E-state index contributed by atoms with van der Waals surface area (Å²) in [7, 11) is 0. The Morgan fingerprint density at radius 1 is 1.31 bits per heavy atom. The van der Waals surface area contributed by atoms with Crippen LogP contribution in [0, 0.1) is 12.8 Å². The fraction of sp³-hybridized carbons (Fsp3) is 0.500. The van der Waals surface area contributed by atoms with Crippen LogP contribution in [0.15, 0.2) is 35.3 Å². The Balaban J connectivity index is 1.99. The Morgan fingerprint density at radius 3 is 2.62 bits per heavy atom. The maximum atomic E-state index is 13.2. The summed E-state index contributed by atoms with van der Waals surface area (Å²) in [6.07, 6.45) is 2.99. The van der Waals surface area contributed by atoms with Crippen LogP contribution in [0.1, 0.15) is 49.7 Å². The van der Waals surface area contributed by atoms with E-state index in [1.807, 2.05) is 39.0 Å². The maximum absolute atomic E-state index is 13.2. The van der Waals surface area contributed by atoms with Gasteiger partial charge in [-0.15, -0.1) is 0 Å². The number of ether oxygens (including phenoxy) is 1. The lowest BCUT2D eigenvalue weighted by Gasteiger charge is -2.36. The van der Waals surface area contributed by atoms with Gasteiger partial charge in [0, 0.05) is 18.4 Å². The molecule has 1 atom stereocenters. The van der Waals surface area contributed by atoms with E-state index in [2.05, 4.69) is 9.88 Å². The average Bonchev–Trinajstić information content (AvgIpc) is 2.72. The fourth-order valence-electron chi connectivity index (χ4n) is 4.13. The van der Waals surface area contributed by atoms with Crippen LogP contribution in [0.2, 0.25) is 0 Å². The van der Waals surface area contributed by atoms with E-state index in [1.165, 1.54) is 0 Å². The van der Waals surface area contributed by atoms with Gasteiger partial charge in [-0.05, 0) is 64.9 Å². The molecule has 3 rings (SSSR count). The first kappa shape index (κ1) is 21.0. The second-order valence-corrected chi connectivity index (χ2v) is 7.35. The highest BCUT2D eigenvalue weighted by Gasteiger charge is 2.34. The minimum atomic E-state index is -0.467. The van der Waals surface area contributed by atoms with Crippen molar-refractivity contribution >= 4 is 5.97 Å². The zero-order chi connectivity index (χ0) is 21.0. The standard InChI is InChI=1S/C22H29N3O4/c1-4-25-15(3)14-18(26)19(21(25)27)20(17-8-6-7-11-23-17)24-12-9-16(10-13-24)22(28)29-5-2/h6-8,11,14,16,20,26H,4-5,9-10,12-13H2,1-3H3/t20-/m1/s1. The monoisotopic (exact) mass is 399 g/mol. The third-order valence-corrected chi connectivity index (χ3v) is 5.60. The summed E-state index contributed by atoms with van der Waals surface area (Å²) in [5, 5.41) is 10.7. The van der Waals surface area contributed by atoms with Crippen LogP contribution in [0.3, 0.4) is 0 Å². The number of aryl methyl sites for hydroxylation is 1. The maximum Gasteiger partial charge on any atom is 0.309 e. The van der Waals surface area contributed by atoms with Crippen LogP contribution < -0.4 is 5.56 Å². The van der Waals surface area contributed by atoms with E-state index < -0.39 is 6.04 Å². The highest BCUT2D eigenvalue weighted by molar-refractivity contribution is 5.72. The number of likely N-dealkylation sites (tertiary alicyclic amines) is 1. The molecule has 2 aromatic heterocycles. The number of rotatable bonds is 6. The molecule has 29 heavy (non-hydrogen) atoms. The van der Waals surface area contributed by atoms with Crippen LogP contribution >= 0.6 is 0 Å². The number of carbonyl (C=O) groups excluding carboxylic acids is 1. The van der Waals surface area contributed by atoms with Gasteiger partial charge in [0.1, 0.15) is 5.75 Å². The molecule has 1 saturated heterocycles. The largest absolute Gasteiger partial charge is 0.507 e. The van der Waals surface area contributed by atoms with E-state index in [4.69, 9.17) is 4.74 Å². The normalized spacial score (nSPS) is 16.5. The molecule has 156 valence electrons. The SMILES string of the molecule is CCOC(=O)C1CCN([C@H](c2ccccn2)c2c(O)cc(C)n(CC)c2=O)CC1. The molecule has 0 bridgehead atoms. The smallest absolute Gasteiger partial charge is 0.309 e. The van der Waals surface area contributed by atoms with Crippen LogP contribution in [0.25, 0.3) is 0 Å². The number of esters is 1. The van der Waals surface area contributed by atoms with Gasteiger partial charge < -0.3 is 14.4 Å². The fourth-order valence-corrected chi connectivity index (χ4v) is 4.13. The summed E-state index contributed by atoms with van der Waals surface area (Å²) in [6.45, 7) is 7.67. The Bertz CT molecular complexity index is 902. The Labute approximate surface area is 171 Å². The molecule has 0 radical (unpaired) electrons. The first-order valence-electron chi connectivity index (χ1n) is 10.2. The Morgan fingerprint density at radius 2 is 2.03 bits per heavy atom. The summed E-state index contributed by atoms with van der Waals surface area (Å²) in [5.74, 6) is -0.303. The predicted octanol–water partition coefficient (Wildman–Crippen LogP) is 2.64. The number of nitrogens with zero attached hydrogens (tertiary/aromatic N) is 3. The molecule has 0 unspecified atom stereocenters. The number of aromatic hydroxyl groups is 1. The van der Waals surface area contributed by atoms with Crippen molar-refractivity contribution in [1.29, 1.82) is 0 Å². The zero-order valence-electron chi connectivity index (χ0n) is 17.3. The molecule has 1 N–H and O–H groups in total. The second kappa shape index (κ2) is 9.22. The van der Waals surface area contributed by atoms with E-state index in [-0.39, 0.29) is 23.2 Å². The van der Waals surface area contributed by atoms with Crippen LogP contribution in [0.5, 0.6) is 5.75 Å². The van der Waals surface area contributed by atoms with Gasteiger partial charge in [0.2, 0.25) is 0 Å². The molecule has 0 aliphatic carbocycles. The third kappa shape index (κ3) is 4.34. The quantitative estimate of drug-likeness (QED) is 0.752. The van der Waals surface area contributed by atoms with E-state index >= 15 is 0 Å². The second-order valence-electron chi connectivity index (χ2n) is 7.35. The number of hydrogen-bond donors (Lipinski definition) is 1.